The molecule has 3 aromatic rings. The molecule has 0 aliphatic heterocycles. The Morgan fingerprint density at radius 1 is 1.17 bits per heavy atom. The van der Waals surface area contributed by atoms with Gasteiger partial charge in [-0.25, -0.2) is 12.7 Å². The molecule has 0 fully saturated rings. The maximum Gasteiger partial charge on any atom is 0.277 e. The number of sulfonamides is 1. The second-order valence-electron chi connectivity index (χ2n) is 6.55. The highest BCUT2D eigenvalue weighted by atomic mass is 32.2. The lowest BCUT2D eigenvalue weighted by molar-refractivity contribution is 0.0753. The van der Waals surface area contributed by atoms with Crippen molar-refractivity contribution in [1.29, 1.82) is 0 Å². The van der Waals surface area contributed by atoms with Crippen molar-refractivity contribution in [3.05, 3.63) is 52.6 Å². The average molecular weight is 453 g/mol. The molecule has 0 bridgehead atoms. The van der Waals surface area contributed by atoms with Crippen LogP contribution in [0.4, 0.5) is 5.82 Å². The van der Waals surface area contributed by atoms with E-state index >= 15 is 0 Å². The number of aromatic nitrogens is 1. The van der Waals surface area contributed by atoms with Gasteiger partial charge in [0.25, 0.3) is 10.0 Å². The summed E-state index contributed by atoms with van der Waals surface area (Å²) in [6, 6.07) is 8.87. The molecule has 0 amide bonds. The second-order valence-corrected chi connectivity index (χ2v) is 9.52. The van der Waals surface area contributed by atoms with Crippen LogP contribution in [-0.2, 0) is 26.1 Å². The molecule has 0 aliphatic rings. The third-order valence-corrected chi connectivity index (χ3v) is 7.78. The fourth-order valence-corrected chi connectivity index (χ4v) is 5.61. The number of ether oxygens (including phenoxy) is 2. The fourth-order valence-electron chi connectivity index (χ4n) is 2.77. The molecule has 2 heterocycles. The summed E-state index contributed by atoms with van der Waals surface area (Å²) in [6.45, 7) is 3.75. The van der Waals surface area contributed by atoms with Crippen LogP contribution >= 0.6 is 11.3 Å². The normalized spacial score (nSPS) is 11.7. The van der Waals surface area contributed by atoms with E-state index in [9.17, 15) is 13.5 Å². The standard InChI is InChI=1S/C20H24N2O6S2/c1-14-15(2)28-21-19(14)22(13-27-10-9-26-3)30(24,25)20-18(8-11-29-20)17-6-4-16(12-23)5-7-17/h4-8,11,23H,9-10,12-13H2,1-3H3. The molecule has 2 aromatic heterocycles. The minimum Gasteiger partial charge on any atom is -0.392 e. The van der Waals surface area contributed by atoms with Gasteiger partial charge in [-0.2, -0.15) is 0 Å². The van der Waals surface area contributed by atoms with E-state index in [0.29, 0.717) is 23.5 Å². The van der Waals surface area contributed by atoms with E-state index in [2.05, 4.69) is 5.16 Å². The minimum absolute atomic E-state index is 0.0769. The zero-order valence-electron chi connectivity index (χ0n) is 17.0. The van der Waals surface area contributed by atoms with Crippen molar-refractivity contribution < 1.29 is 27.5 Å². The van der Waals surface area contributed by atoms with Gasteiger partial charge in [0.05, 0.1) is 19.8 Å². The van der Waals surface area contributed by atoms with Crippen LogP contribution in [-0.4, -0.2) is 45.7 Å². The lowest BCUT2D eigenvalue weighted by Gasteiger charge is -2.22. The van der Waals surface area contributed by atoms with Gasteiger partial charge in [-0.1, -0.05) is 29.4 Å². The Morgan fingerprint density at radius 2 is 1.90 bits per heavy atom. The third-order valence-electron chi connectivity index (χ3n) is 4.61. The van der Waals surface area contributed by atoms with Gasteiger partial charge in [0, 0.05) is 18.2 Å². The van der Waals surface area contributed by atoms with Crippen LogP contribution in [0.1, 0.15) is 16.9 Å². The number of hydrogen-bond donors (Lipinski definition) is 1. The first-order valence-corrected chi connectivity index (χ1v) is 11.5. The van der Waals surface area contributed by atoms with Crippen molar-refractivity contribution in [2.45, 2.75) is 24.7 Å². The molecular weight excluding hydrogens is 428 g/mol. The monoisotopic (exact) mass is 452 g/mol. The van der Waals surface area contributed by atoms with Gasteiger partial charge in [0.15, 0.2) is 5.82 Å². The minimum atomic E-state index is -3.99. The number of aryl methyl sites for hydroxylation is 1. The number of rotatable bonds is 10. The molecule has 30 heavy (non-hydrogen) atoms. The van der Waals surface area contributed by atoms with Crippen molar-refractivity contribution in [3.63, 3.8) is 0 Å². The van der Waals surface area contributed by atoms with Gasteiger partial charge in [0.2, 0.25) is 0 Å². The van der Waals surface area contributed by atoms with Crippen molar-refractivity contribution in [2.24, 2.45) is 0 Å². The van der Waals surface area contributed by atoms with E-state index in [-0.39, 0.29) is 30.0 Å². The first-order chi connectivity index (χ1) is 14.4. The number of thiophene rings is 1. The highest BCUT2D eigenvalue weighted by molar-refractivity contribution is 7.94. The molecule has 1 aromatic carbocycles. The zero-order valence-corrected chi connectivity index (χ0v) is 18.6. The molecule has 162 valence electrons. The Balaban J connectivity index is 2.01. The number of hydrogen-bond acceptors (Lipinski definition) is 8. The first kappa shape index (κ1) is 22.4. The highest BCUT2D eigenvalue weighted by Crippen LogP contribution is 2.36. The molecule has 0 saturated heterocycles. The summed E-state index contributed by atoms with van der Waals surface area (Å²) in [5.41, 5.74) is 2.68. The number of aliphatic hydroxyl groups is 1. The first-order valence-electron chi connectivity index (χ1n) is 9.20. The van der Waals surface area contributed by atoms with Crippen molar-refractivity contribution in [3.8, 4) is 11.1 Å². The summed E-state index contributed by atoms with van der Waals surface area (Å²) >= 11 is 1.12. The maximum atomic E-state index is 13.6. The average Bonchev–Trinajstić information content (AvgIpc) is 3.36. The van der Waals surface area contributed by atoms with Gasteiger partial charge in [-0.15, -0.1) is 11.3 Å². The second kappa shape index (κ2) is 9.71. The molecule has 1 N–H and O–H groups in total. The van der Waals surface area contributed by atoms with Crippen LogP contribution in [0, 0.1) is 13.8 Å². The Labute approximate surface area is 179 Å². The lowest BCUT2D eigenvalue weighted by Crippen LogP contribution is -2.34. The van der Waals surface area contributed by atoms with Crippen LogP contribution in [0.25, 0.3) is 11.1 Å². The molecule has 0 unspecified atom stereocenters. The quantitative estimate of drug-likeness (QED) is 0.372. The molecule has 0 radical (unpaired) electrons. The van der Waals surface area contributed by atoms with Crippen molar-refractivity contribution in [2.75, 3.05) is 31.4 Å². The van der Waals surface area contributed by atoms with E-state index < -0.39 is 10.0 Å². The zero-order chi connectivity index (χ0) is 21.7. The Morgan fingerprint density at radius 3 is 2.50 bits per heavy atom. The van der Waals surface area contributed by atoms with Crippen LogP contribution in [0.15, 0.2) is 44.4 Å². The van der Waals surface area contributed by atoms with Crippen molar-refractivity contribution in [1.82, 2.24) is 5.16 Å². The Bertz CT molecular complexity index is 1070. The smallest absolute Gasteiger partial charge is 0.277 e. The topological polar surface area (TPSA) is 102 Å². The summed E-state index contributed by atoms with van der Waals surface area (Å²) in [5.74, 6) is 0.730. The molecule has 0 aliphatic carbocycles. The number of methoxy groups -OCH3 is 1. The highest BCUT2D eigenvalue weighted by Gasteiger charge is 2.33. The van der Waals surface area contributed by atoms with Gasteiger partial charge < -0.3 is 19.1 Å². The number of nitrogens with zero attached hydrogens (tertiary/aromatic N) is 2. The molecule has 0 atom stereocenters. The van der Waals surface area contributed by atoms with E-state index in [1.807, 2.05) is 0 Å². The van der Waals surface area contributed by atoms with Gasteiger partial charge >= 0.3 is 0 Å². The molecule has 10 heteroatoms. The predicted molar refractivity (Wildman–Crippen MR) is 114 cm³/mol. The summed E-state index contributed by atoms with van der Waals surface area (Å²) in [6.07, 6.45) is 0. The summed E-state index contributed by atoms with van der Waals surface area (Å²) in [4.78, 5) is 0. The fraction of sp³-hybridized carbons (Fsp3) is 0.350. The molecule has 8 nitrogen and oxygen atoms in total. The Hall–Kier alpha value is -2.24. The maximum absolute atomic E-state index is 13.6. The lowest BCUT2D eigenvalue weighted by atomic mass is 10.1. The van der Waals surface area contributed by atoms with E-state index in [4.69, 9.17) is 14.0 Å². The molecule has 0 saturated carbocycles. The molecule has 0 spiro atoms. The third kappa shape index (κ3) is 4.57. The number of aliphatic hydroxyl groups excluding tert-OH is 1. The number of benzene rings is 1. The molecular formula is C20H24N2O6S2. The summed E-state index contributed by atoms with van der Waals surface area (Å²) in [7, 11) is -2.44. The van der Waals surface area contributed by atoms with Crippen molar-refractivity contribution >= 4 is 27.2 Å². The van der Waals surface area contributed by atoms with Crippen LogP contribution in [0.3, 0.4) is 0 Å². The van der Waals surface area contributed by atoms with Gasteiger partial charge in [0.1, 0.15) is 16.7 Å². The SMILES string of the molecule is COCCOCN(c1noc(C)c1C)S(=O)(=O)c1sccc1-c1ccc(CO)cc1. The number of anilines is 1. The Kier molecular flexibility index (Phi) is 7.27. The van der Waals surface area contributed by atoms with E-state index in [1.165, 1.54) is 0 Å². The van der Waals surface area contributed by atoms with Crippen LogP contribution in [0.2, 0.25) is 0 Å². The van der Waals surface area contributed by atoms with Gasteiger partial charge in [-0.05, 0) is 36.4 Å². The summed E-state index contributed by atoms with van der Waals surface area (Å²) in [5, 5.41) is 14.9. The van der Waals surface area contributed by atoms with E-state index in [0.717, 1.165) is 26.8 Å². The summed E-state index contributed by atoms with van der Waals surface area (Å²) < 4.78 is 44.3. The largest absolute Gasteiger partial charge is 0.392 e. The van der Waals surface area contributed by atoms with Crippen LogP contribution in [0.5, 0.6) is 0 Å². The van der Waals surface area contributed by atoms with Gasteiger partial charge in [-0.3, -0.25) is 0 Å². The van der Waals surface area contributed by atoms with Crippen LogP contribution < -0.4 is 4.31 Å². The van der Waals surface area contributed by atoms with E-state index in [1.54, 1.807) is 56.7 Å². The molecule has 3 rings (SSSR count). The predicted octanol–water partition coefficient (Wildman–Crippen LogP) is 3.33.